The molecule has 2 amide bonds. The molecule has 6 nitrogen and oxygen atoms in total. The number of benzene rings is 2. The minimum absolute atomic E-state index is 0.189. The van der Waals surface area contributed by atoms with Gasteiger partial charge < -0.3 is 15.5 Å². The van der Waals surface area contributed by atoms with Crippen LogP contribution in [0, 0.1) is 0 Å². The summed E-state index contributed by atoms with van der Waals surface area (Å²) in [7, 11) is 0. The Balaban J connectivity index is 1.49. The Morgan fingerprint density at radius 2 is 1.71 bits per heavy atom. The molecule has 4 rings (SSSR count). The first-order valence-electron chi connectivity index (χ1n) is 8.81. The molecule has 0 atom stereocenters. The highest BCUT2D eigenvalue weighted by Crippen LogP contribution is 2.19. The van der Waals surface area contributed by atoms with Gasteiger partial charge in [-0.2, -0.15) is 0 Å². The molecule has 4 aromatic rings. The molecule has 0 saturated carbocycles. The summed E-state index contributed by atoms with van der Waals surface area (Å²) in [6, 6.07) is 20.2. The third-order valence-electron chi connectivity index (χ3n) is 4.48. The summed E-state index contributed by atoms with van der Waals surface area (Å²) >= 11 is 0. The minimum Gasteiger partial charge on any atom is -0.366 e. The van der Waals surface area contributed by atoms with Crippen LogP contribution in [-0.4, -0.2) is 21.2 Å². The molecule has 2 aromatic carbocycles. The van der Waals surface area contributed by atoms with E-state index in [1.54, 1.807) is 36.4 Å². The van der Waals surface area contributed by atoms with E-state index in [1.165, 1.54) is 0 Å². The quantitative estimate of drug-likeness (QED) is 0.566. The topological polar surface area (TPSA) is 89.5 Å². The maximum atomic E-state index is 12.5. The number of amides is 2. The lowest BCUT2D eigenvalue weighted by Crippen LogP contribution is -2.23. The van der Waals surface area contributed by atoms with E-state index < -0.39 is 5.91 Å². The maximum Gasteiger partial charge on any atom is 0.251 e. The number of imidazole rings is 1. The van der Waals surface area contributed by atoms with Crippen molar-refractivity contribution >= 4 is 17.5 Å². The summed E-state index contributed by atoms with van der Waals surface area (Å²) < 4.78 is 1.89. The van der Waals surface area contributed by atoms with Crippen LogP contribution >= 0.6 is 0 Å². The largest absolute Gasteiger partial charge is 0.366 e. The Labute approximate surface area is 161 Å². The van der Waals surface area contributed by atoms with E-state index >= 15 is 0 Å². The molecule has 0 bridgehead atoms. The van der Waals surface area contributed by atoms with Crippen molar-refractivity contribution in [3.63, 3.8) is 0 Å². The molecule has 28 heavy (non-hydrogen) atoms. The van der Waals surface area contributed by atoms with Gasteiger partial charge in [-0.05, 0) is 29.8 Å². The normalized spacial score (nSPS) is 10.7. The highest BCUT2D eigenvalue weighted by atomic mass is 16.2. The van der Waals surface area contributed by atoms with Gasteiger partial charge in [0, 0.05) is 35.6 Å². The molecule has 6 heteroatoms. The number of carbonyl (C=O) groups is 2. The third kappa shape index (κ3) is 3.61. The van der Waals surface area contributed by atoms with Crippen molar-refractivity contribution < 1.29 is 9.59 Å². The Kier molecular flexibility index (Phi) is 4.60. The SMILES string of the molecule is NC(=O)c1ccc(CNC(=O)c2ccn3cc(-c4ccccc4)nc3c2)cc1. The highest BCUT2D eigenvalue weighted by molar-refractivity contribution is 5.95. The van der Waals surface area contributed by atoms with Crippen molar-refractivity contribution in [1.82, 2.24) is 14.7 Å². The van der Waals surface area contributed by atoms with Gasteiger partial charge in [-0.3, -0.25) is 9.59 Å². The first-order valence-corrected chi connectivity index (χ1v) is 8.81. The number of primary amides is 1. The van der Waals surface area contributed by atoms with Crippen LogP contribution in [0.5, 0.6) is 0 Å². The summed E-state index contributed by atoms with van der Waals surface area (Å²) in [6.07, 6.45) is 3.76. The zero-order valence-electron chi connectivity index (χ0n) is 15.0. The lowest BCUT2D eigenvalue weighted by Gasteiger charge is -2.06. The third-order valence-corrected chi connectivity index (χ3v) is 4.48. The maximum absolute atomic E-state index is 12.5. The van der Waals surface area contributed by atoms with Crippen LogP contribution in [0.25, 0.3) is 16.9 Å². The fraction of sp³-hybridized carbons (Fsp3) is 0.0455. The number of aromatic nitrogens is 2. The molecule has 2 aromatic heterocycles. The first kappa shape index (κ1) is 17.5. The van der Waals surface area contributed by atoms with E-state index in [0.29, 0.717) is 23.3 Å². The average Bonchev–Trinajstić information content (AvgIpc) is 3.16. The lowest BCUT2D eigenvalue weighted by molar-refractivity contribution is 0.0949. The van der Waals surface area contributed by atoms with E-state index in [1.807, 2.05) is 47.1 Å². The summed E-state index contributed by atoms with van der Waals surface area (Å²) in [4.78, 5) is 28.2. The van der Waals surface area contributed by atoms with Crippen molar-refractivity contribution in [3.05, 3.63) is 95.8 Å². The summed E-state index contributed by atoms with van der Waals surface area (Å²) in [5.74, 6) is -0.663. The van der Waals surface area contributed by atoms with Crippen molar-refractivity contribution in [3.8, 4) is 11.3 Å². The van der Waals surface area contributed by atoms with Gasteiger partial charge in [-0.15, -0.1) is 0 Å². The Morgan fingerprint density at radius 3 is 2.43 bits per heavy atom. The first-order chi connectivity index (χ1) is 13.6. The van der Waals surface area contributed by atoms with Crippen molar-refractivity contribution in [2.24, 2.45) is 5.73 Å². The van der Waals surface area contributed by atoms with Gasteiger partial charge in [0.25, 0.3) is 5.91 Å². The zero-order chi connectivity index (χ0) is 19.5. The highest BCUT2D eigenvalue weighted by Gasteiger charge is 2.09. The molecule has 0 aliphatic rings. The van der Waals surface area contributed by atoms with Crippen molar-refractivity contribution in [2.45, 2.75) is 6.54 Å². The van der Waals surface area contributed by atoms with Gasteiger partial charge in [0.15, 0.2) is 0 Å². The molecule has 3 N–H and O–H groups in total. The molecule has 0 unspecified atom stereocenters. The van der Waals surface area contributed by atoms with Gasteiger partial charge >= 0.3 is 0 Å². The molecule has 138 valence electrons. The molecule has 2 heterocycles. The van der Waals surface area contributed by atoms with E-state index in [0.717, 1.165) is 16.8 Å². The van der Waals surface area contributed by atoms with Crippen LogP contribution in [0.1, 0.15) is 26.3 Å². The molecule has 0 spiro atoms. The number of hydrogen-bond donors (Lipinski definition) is 2. The van der Waals surface area contributed by atoms with Gasteiger partial charge in [0.2, 0.25) is 5.91 Å². The van der Waals surface area contributed by atoms with Crippen LogP contribution in [0.4, 0.5) is 0 Å². The van der Waals surface area contributed by atoms with Gasteiger partial charge in [0.1, 0.15) is 5.65 Å². The van der Waals surface area contributed by atoms with Gasteiger partial charge in [0.05, 0.1) is 5.69 Å². The number of hydrogen-bond acceptors (Lipinski definition) is 3. The fourth-order valence-corrected chi connectivity index (χ4v) is 2.94. The Bertz CT molecular complexity index is 1150. The summed E-state index contributed by atoms with van der Waals surface area (Å²) in [5.41, 5.74) is 9.67. The smallest absolute Gasteiger partial charge is 0.251 e. The van der Waals surface area contributed by atoms with Gasteiger partial charge in [-0.1, -0.05) is 42.5 Å². The monoisotopic (exact) mass is 370 g/mol. The number of nitrogens with two attached hydrogens (primary N) is 1. The van der Waals surface area contributed by atoms with Gasteiger partial charge in [-0.25, -0.2) is 4.98 Å². The molecule has 0 aliphatic heterocycles. The minimum atomic E-state index is -0.474. The van der Waals surface area contributed by atoms with Crippen molar-refractivity contribution in [1.29, 1.82) is 0 Å². The second kappa shape index (κ2) is 7.36. The zero-order valence-corrected chi connectivity index (χ0v) is 15.0. The van der Waals surface area contributed by atoms with Crippen LogP contribution in [-0.2, 0) is 6.54 Å². The molecule has 0 saturated heterocycles. The number of fused-ring (bicyclic) bond motifs is 1. The van der Waals surface area contributed by atoms with Crippen LogP contribution in [0.3, 0.4) is 0 Å². The molecule has 0 aliphatic carbocycles. The number of nitrogens with one attached hydrogen (secondary N) is 1. The number of carbonyl (C=O) groups excluding carboxylic acids is 2. The number of rotatable bonds is 5. The second-order valence-corrected chi connectivity index (χ2v) is 6.42. The predicted octanol–water partition coefficient (Wildman–Crippen LogP) is 3.03. The van der Waals surface area contributed by atoms with E-state index in [2.05, 4.69) is 10.3 Å². The predicted molar refractivity (Wildman–Crippen MR) is 107 cm³/mol. The van der Waals surface area contributed by atoms with Crippen LogP contribution in [0.15, 0.2) is 79.1 Å². The molecular weight excluding hydrogens is 352 g/mol. The van der Waals surface area contributed by atoms with E-state index in [9.17, 15) is 9.59 Å². The van der Waals surface area contributed by atoms with E-state index in [-0.39, 0.29) is 5.91 Å². The average molecular weight is 370 g/mol. The Hall–Kier alpha value is -3.93. The molecular formula is C22H18N4O2. The second-order valence-electron chi connectivity index (χ2n) is 6.42. The number of pyridine rings is 1. The van der Waals surface area contributed by atoms with Crippen LogP contribution in [0.2, 0.25) is 0 Å². The van der Waals surface area contributed by atoms with Crippen molar-refractivity contribution in [2.75, 3.05) is 0 Å². The standard InChI is InChI=1S/C22H18N4O2/c23-21(27)17-8-6-15(7-9-17)13-24-22(28)18-10-11-26-14-19(25-20(26)12-18)16-4-2-1-3-5-16/h1-12,14H,13H2,(H2,23,27)(H,24,28). The summed E-state index contributed by atoms with van der Waals surface area (Å²) in [6.45, 7) is 0.354. The summed E-state index contributed by atoms with van der Waals surface area (Å²) in [5, 5.41) is 2.87. The fourth-order valence-electron chi connectivity index (χ4n) is 2.94. The van der Waals surface area contributed by atoms with Crippen LogP contribution < -0.4 is 11.1 Å². The Morgan fingerprint density at radius 1 is 0.964 bits per heavy atom. The molecule has 0 radical (unpaired) electrons. The molecule has 0 fully saturated rings. The van der Waals surface area contributed by atoms with E-state index in [4.69, 9.17) is 5.73 Å². The number of nitrogens with zero attached hydrogens (tertiary/aromatic N) is 2. The lowest BCUT2D eigenvalue weighted by atomic mass is 10.1.